The Hall–Kier alpha value is -9.06. The summed E-state index contributed by atoms with van der Waals surface area (Å²) in [6.45, 7) is 3.28. The third kappa shape index (κ3) is 20.6. The van der Waals surface area contributed by atoms with Gasteiger partial charge < -0.3 is 25.1 Å². The van der Waals surface area contributed by atoms with Crippen LogP contribution in [0.15, 0.2) is 189 Å². The number of ketones is 2. The Morgan fingerprint density at radius 2 is 1.00 bits per heavy atom. The lowest BCUT2D eigenvalue weighted by molar-refractivity contribution is -0.120. The number of anilines is 2. The second-order valence-corrected chi connectivity index (χ2v) is 20.0. The van der Waals surface area contributed by atoms with Gasteiger partial charge in [-0.05, 0) is 153 Å². The van der Waals surface area contributed by atoms with Crippen LogP contribution in [0.3, 0.4) is 0 Å². The zero-order chi connectivity index (χ0) is 60.2. The summed E-state index contributed by atoms with van der Waals surface area (Å²) < 4.78 is 38.7. The Morgan fingerprint density at radius 3 is 1.44 bits per heavy atom. The molecule has 8 aromatic rings. The average molecular weight is 1330 g/mol. The summed E-state index contributed by atoms with van der Waals surface area (Å²) in [6.07, 6.45) is 4.68. The standard InChI is InChI=1S/C30H26BrFN4O5.C17H18BrN3O4.C13H9ClFNO.2CH4.FH/c1-19(35(2)30(40)41-18-20-6-4-3-5-7-20)28(38)34-25-12-13-26(31)36(29(25)39)17-21-14-23(16-33-15-21)27(37)22-8-10-24(32)11-9-22;1-11(15(22)19-13-8-9-14(18)20-16(13)23)21(2)17(24)25-10-12-6-4-3-5-7-12;14-6-9-5-11(8-16-7-9)13(17)10-1-3-12(15)4-2-10;;;/h3-16,19H,17-18H2,1-2H3,(H,34,38);3-9,11H,10H2,1-2H3,(H,19,22)(H,20,23);1-5,7-8H,6H2;2*1H4;1H/t19-;11-;;;;/m00..../s1. The zero-order valence-corrected chi connectivity index (χ0v) is 49.2. The van der Waals surface area contributed by atoms with Crippen molar-refractivity contribution in [2.45, 2.75) is 66.4 Å². The minimum atomic E-state index is -0.937. The number of aromatic nitrogens is 4. The Kier molecular flexibility index (Phi) is 28.7. The van der Waals surface area contributed by atoms with Crippen molar-refractivity contribution in [3.05, 3.63) is 256 Å². The minimum Gasteiger partial charge on any atom is -0.445 e. The van der Waals surface area contributed by atoms with Crippen LogP contribution in [-0.4, -0.2) is 91.1 Å². The van der Waals surface area contributed by atoms with Gasteiger partial charge in [0.15, 0.2) is 11.6 Å². The summed E-state index contributed by atoms with van der Waals surface area (Å²) in [5.41, 5.74) is 3.61. The Balaban J connectivity index is 0.000000366. The molecule has 18 nitrogen and oxygen atoms in total. The first-order valence-corrected chi connectivity index (χ1v) is 27.2. The van der Waals surface area contributed by atoms with Crippen LogP contribution < -0.4 is 21.8 Å². The number of halogens is 6. The highest BCUT2D eigenvalue weighted by atomic mass is 79.9. The number of amides is 4. The van der Waals surface area contributed by atoms with Crippen molar-refractivity contribution >= 4 is 90.4 Å². The summed E-state index contributed by atoms with van der Waals surface area (Å²) in [5.74, 6) is -2.12. The molecule has 0 radical (unpaired) electrons. The number of alkyl halides is 1. The highest BCUT2D eigenvalue weighted by molar-refractivity contribution is 9.10. The molecule has 0 unspecified atom stereocenters. The van der Waals surface area contributed by atoms with Crippen LogP contribution in [0.5, 0.6) is 0 Å². The van der Waals surface area contributed by atoms with Gasteiger partial charge in [0.1, 0.15) is 48.3 Å². The summed E-state index contributed by atoms with van der Waals surface area (Å²) in [7, 11) is 2.90. The lowest BCUT2D eigenvalue weighted by Gasteiger charge is -2.23. The summed E-state index contributed by atoms with van der Waals surface area (Å²) in [5, 5.41) is 5.08. The molecule has 4 heterocycles. The molecule has 0 saturated heterocycles. The maximum absolute atomic E-state index is 13.3. The molecule has 2 atom stereocenters. The molecule has 4 aromatic carbocycles. The van der Waals surface area contributed by atoms with E-state index in [0.29, 0.717) is 37.3 Å². The first-order chi connectivity index (χ1) is 39.7. The number of pyridine rings is 4. The number of aromatic amines is 1. The first-order valence-electron chi connectivity index (χ1n) is 25.0. The molecular weight excluding hydrogens is 1270 g/mol. The fourth-order valence-corrected chi connectivity index (χ4v) is 8.11. The highest BCUT2D eigenvalue weighted by Gasteiger charge is 2.26. The number of hydrogen-bond acceptors (Lipinski definition) is 12. The second kappa shape index (κ2) is 34.7. The van der Waals surface area contributed by atoms with Crippen LogP contribution in [0.2, 0.25) is 0 Å². The molecular formula is C62H62Br2ClF3N8O10. The summed E-state index contributed by atoms with van der Waals surface area (Å²) in [6, 6.07) is 36.6. The normalized spacial score (nSPS) is 10.8. The third-order valence-corrected chi connectivity index (χ3v) is 13.7. The minimum absolute atomic E-state index is 0. The smallest absolute Gasteiger partial charge is 0.410 e. The van der Waals surface area contributed by atoms with Crippen molar-refractivity contribution in [3.8, 4) is 0 Å². The number of nitrogens with zero attached hydrogens (tertiary/aromatic N) is 5. The molecule has 0 saturated carbocycles. The van der Waals surface area contributed by atoms with E-state index < -0.39 is 53.0 Å². The van der Waals surface area contributed by atoms with Gasteiger partial charge in [-0.25, -0.2) is 18.4 Å². The van der Waals surface area contributed by atoms with Crippen LogP contribution in [0.4, 0.5) is 34.4 Å². The number of benzene rings is 4. The molecule has 3 N–H and O–H groups in total. The van der Waals surface area contributed by atoms with Crippen molar-refractivity contribution in [1.29, 1.82) is 0 Å². The second-order valence-electron chi connectivity index (χ2n) is 18.1. The van der Waals surface area contributed by atoms with Crippen LogP contribution >= 0.6 is 43.5 Å². The van der Waals surface area contributed by atoms with Gasteiger partial charge in [0.25, 0.3) is 11.1 Å². The highest BCUT2D eigenvalue weighted by Crippen LogP contribution is 2.18. The predicted octanol–water partition coefficient (Wildman–Crippen LogP) is 12.4. The SMILES string of the molecule is C.C.C[C@@H](C(=O)Nc1ccc(Br)[nH]c1=O)N(C)C(=O)OCc1ccccc1.C[C@@H](C(=O)Nc1ccc(Br)n(Cc2cncc(C(=O)c3ccc(F)cc3)c2)c1=O)N(C)C(=O)OCc1ccccc1.F.O=C(c1ccc(F)cc1)c1cncc(CCl)c1. The van der Waals surface area contributed by atoms with Crippen LogP contribution in [0, 0.1) is 11.6 Å². The van der Waals surface area contributed by atoms with Crippen molar-refractivity contribution in [1.82, 2.24) is 29.3 Å². The molecule has 8 rings (SSSR count). The first kappa shape index (κ1) is 71.2. The van der Waals surface area contributed by atoms with E-state index in [1.165, 1.54) is 110 Å². The molecule has 0 bridgehead atoms. The maximum Gasteiger partial charge on any atom is 0.410 e. The van der Waals surface area contributed by atoms with Crippen molar-refractivity contribution in [2.75, 3.05) is 24.7 Å². The van der Waals surface area contributed by atoms with E-state index in [1.54, 1.807) is 37.4 Å². The number of hydrogen-bond donors (Lipinski definition) is 3. The van der Waals surface area contributed by atoms with Gasteiger partial charge in [0, 0.05) is 67.0 Å². The van der Waals surface area contributed by atoms with Gasteiger partial charge in [-0.1, -0.05) is 75.5 Å². The molecule has 24 heteroatoms. The number of H-pyrrole nitrogens is 1. The van der Waals surface area contributed by atoms with Gasteiger partial charge in [-0.15, -0.1) is 11.6 Å². The van der Waals surface area contributed by atoms with Gasteiger partial charge in [-0.3, -0.25) is 57.8 Å². The van der Waals surface area contributed by atoms with E-state index in [9.17, 15) is 47.1 Å². The van der Waals surface area contributed by atoms with Crippen LogP contribution in [0.1, 0.15) is 82.8 Å². The third-order valence-electron chi connectivity index (χ3n) is 12.2. The van der Waals surface area contributed by atoms with Gasteiger partial charge in [-0.2, -0.15) is 0 Å². The quantitative estimate of drug-likeness (QED) is 0.0439. The lowest BCUT2D eigenvalue weighted by Crippen LogP contribution is -2.44. The molecule has 0 aliphatic heterocycles. The molecule has 452 valence electrons. The van der Waals surface area contributed by atoms with Crippen molar-refractivity contribution < 1.29 is 51.7 Å². The van der Waals surface area contributed by atoms with Crippen molar-refractivity contribution in [3.63, 3.8) is 0 Å². The molecule has 4 amide bonds. The van der Waals surface area contributed by atoms with E-state index >= 15 is 0 Å². The number of nitrogens with one attached hydrogen (secondary N) is 3. The Labute approximate surface area is 516 Å². The number of carbonyl (C=O) groups excluding carboxylic acids is 6. The van der Waals surface area contributed by atoms with E-state index in [1.807, 2.05) is 60.7 Å². The van der Waals surface area contributed by atoms with Gasteiger partial charge in [0.05, 0.1) is 15.8 Å². The Morgan fingerprint density at radius 1 is 0.581 bits per heavy atom. The van der Waals surface area contributed by atoms with E-state index in [0.717, 1.165) is 21.6 Å². The van der Waals surface area contributed by atoms with E-state index in [-0.39, 0.29) is 73.6 Å². The van der Waals surface area contributed by atoms with Gasteiger partial charge >= 0.3 is 12.2 Å². The number of ether oxygens (including phenoxy) is 2. The molecule has 0 spiro atoms. The lowest BCUT2D eigenvalue weighted by atomic mass is 10.0. The topological polar surface area (TPSA) is 232 Å². The van der Waals surface area contributed by atoms with Gasteiger partial charge in [0.2, 0.25) is 11.8 Å². The largest absolute Gasteiger partial charge is 0.445 e. The number of rotatable bonds is 17. The molecule has 0 fully saturated rings. The Bertz CT molecular complexity index is 3700. The molecule has 4 aromatic heterocycles. The van der Waals surface area contributed by atoms with Crippen LogP contribution in [0.25, 0.3) is 0 Å². The van der Waals surface area contributed by atoms with E-state index in [2.05, 4.69) is 57.4 Å². The predicted molar refractivity (Wildman–Crippen MR) is 331 cm³/mol. The average Bonchev–Trinajstić information content (AvgIpc) is 1.79. The molecule has 0 aliphatic carbocycles. The fourth-order valence-electron chi connectivity index (χ4n) is 7.23. The maximum atomic E-state index is 13.3. The zero-order valence-electron chi connectivity index (χ0n) is 45.3. The number of likely N-dealkylation sites (N-methyl/N-ethyl adjacent to an activating group) is 2. The monoisotopic (exact) mass is 1330 g/mol. The van der Waals surface area contributed by atoms with Crippen LogP contribution in [-0.2, 0) is 44.7 Å². The molecule has 0 aliphatic rings. The fraction of sp³-hybridized carbons (Fsp3) is 0.194. The number of carbonyl (C=O) groups is 6. The van der Waals surface area contributed by atoms with E-state index in [4.69, 9.17) is 21.1 Å². The van der Waals surface area contributed by atoms with Crippen molar-refractivity contribution in [2.24, 2.45) is 0 Å². The summed E-state index contributed by atoms with van der Waals surface area (Å²) in [4.78, 5) is 112. The summed E-state index contributed by atoms with van der Waals surface area (Å²) >= 11 is 12.2. The molecule has 86 heavy (non-hydrogen) atoms.